The topological polar surface area (TPSA) is 56.3 Å². The first kappa shape index (κ1) is 17.5. The van der Waals surface area contributed by atoms with Crippen molar-refractivity contribution in [1.29, 1.82) is 0 Å². The third-order valence-corrected chi connectivity index (χ3v) is 3.96. The Hall–Kier alpha value is -3.86. The van der Waals surface area contributed by atoms with Gasteiger partial charge in [0.15, 0.2) is 0 Å². The minimum Gasteiger partial charge on any atom is -0.457 e. The van der Waals surface area contributed by atoms with Crippen molar-refractivity contribution in [3.05, 3.63) is 96.8 Å². The summed E-state index contributed by atoms with van der Waals surface area (Å²) in [7, 11) is 0. The van der Waals surface area contributed by atoms with E-state index < -0.39 is 0 Å². The number of para-hydroxylation sites is 1. The number of aromatic nitrogens is 2. The molecular formula is C23H19N3O2. The Morgan fingerprint density at radius 2 is 1.39 bits per heavy atom. The molecule has 0 unspecified atom stereocenters. The summed E-state index contributed by atoms with van der Waals surface area (Å²) in [4.78, 5) is 8.42. The maximum absolute atomic E-state index is 5.84. The first-order chi connectivity index (χ1) is 13.7. The van der Waals surface area contributed by atoms with Gasteiger partial charge in [0.1, 0.15) is 29.4 Å². The van der Waals surface area contributed by atoms with Gasteiger partial charge in [0.05, 0.1) is 0 Å². The van der Waals surface area contributed by atoms with Crippen LogP contribution in [0.5, 0.6) is 23.1 Å². The molecule has 4 rings (SSSR count). The van der Waals surface area contributed by atoms with Gasteiger partial charge in [0, 0.05) is 11.8 Å². The van der Waals surface area contributed by atoms with Crippen molar-refractivity contribution in [2.75, 3.05) is 5.32 Å². The molecule has 0 radical (unpaired) electrons. The molecule has 5 heteroatoms. The molecule has 0 spiro atoms. The molecular weight excluding hydrogens is 350 g/mol. The Morgan fingerprint density at radius 3 is 2.14 bits per heavy atom. The molecule has 4 aromatic rings. The highest BCUT2D eigenvalue weighted by Gasteiger charge is 2.04. The van der Waals surface area contributed by atoms with Crippen molar-refractivity contribution in [2.24, 2.45) is 0 Å². The van der Waals surface area contributed by atoms with E-state index in [4.69, 9.17) is 9.47 Å². The third-order valence-electron chi connectivity index (χ3n) is 3.96. The van der Waals surface area contributed by atoms with E-state index in [0.717, 1.165) is 17.2 Å². The van der Waals surface area contributed by atoms with Crippen LogP contribution in [-0.2, 0) is 0 Å². The van der Waals surface area contributed by atoms with Crippen molar-refractivity contribution >= 4 is 11.5 Å². The zero-order valence-electron chi connectivity index (χ0n) is 15.4. The van der Waals surface area contributed by atoms with Crippen molar-refractivity contribution in [2.45, 2.75) is 6.92 Å². The Morgan fingerprint density at radius 1 is 0.679 bits per heavy atom. The van der Waals surface area contributed by atoms with Crippen molar-refractivity contribution < 1.29 is 9.47 Å². The largest absolute Gasteiger partial charge is 0.457 e. The fourth-order valence-electron chi connectivity index (χ4n) is 2.66. The lowest BCUT2D eigenvalue weighted by Gasteiger charge is -2.09. The van der Waals surface area contributed by atoms with Crippen LogP contribution >= 0.6 is 0 Å². The second-order valence-electron chi connectivity index (χ2n) is 6.22. The number of nitrogens with zero attached hydrogens (tertiary/aromatic N) is 2. The zero-order valence-corrected chi connectivity index (χ0v) is 15.4. The third kappa shape index (κ3) is 4.65. The van der Waals surface area contributed by atoms with Gasteiger partial charge in [0.25, 0.3) is 0 Å². The summed E-state index contributed by atoms with van der Waals surface area (Å²) < 4.78 is 11.6. The summed E-state index contributed by atoms with van der Waals surface area (Å²) in [6.07, 6.45) is 1.47. The van der Waals surface area contributed by atoms with Gasteiger partial charge in [-0.2, -0.15) is 0 Å². The van der Waals surface area contributed by atoms with E-state index in [1.165, 1.54) is 11.9 Å². The van der Waals surface area contributed by atoms with Crippen molar-refractivity contribution in [3.63, 3.8) is 0 Å². The molecule has 0 saturated carbocycles. The summed E-state index contributed by atoms with van der Waals surface area (Å²) in [6.45, 7) is 2.05. The molecule has 0 saturated heterocycles. The average molecular weight is 369 g/mol. The second-order valence-corrected chi connectivity index (χ2v) is 6.22. The quantitative estimate of drug-likeness (QED) is 0.444. The number of aryl methyl sites for hydroxylation is 1. The first-order valence-corrected chi connectivity index (χ1v) is 8.91. The van der Waals surface area contributed by atoms with E-state index in [1.807, 2.05) is 85.8 Å². The number of rotatable bonds is 6. The van der Waals surface area contributed by atoms with Crippen LogP contribution in [0.4, 0.5) is 11.5 Å². The van der Waals surface area contributed by atoms with Gasteiger partial charge < -0.3 is 14.8 Å². The molecule has 5 nitrogen and oxygen atoms in total. The number of anilines is 2. The van der Waals surface area contributed by atoms with Gasteiger partial charge in [-0.15, -0.1) is 0 Å². The second kappa shape index (κ2) is 8.22. The van der Waals surface area contributed by atoms with Gasteiger partial charge >= 0.3 is 0 Å². The molecule has 1 heterocycles. The summed E-state index contributed by atoms with van der Waals surface area (Å²) in [5.41, 5.74) is 2.14. The van der Waals surface area contributed by atoms with Crippen LogP contribution in [0.1, 0.15) is 5.56 Å². The van der Waals surface area contributed by atoms with Gasteiger partial charge in [-0.25, -0.2) is 9.97 Å². The lowest BCUT2D eigenvalue weighted by atomic mass is 10.2. The van der Waals surface area contributed by atoms with Crippen LogP contribution in [0.3, 0.4) is 0 Å². The van der Waals surface area contributed by atoms with E-state index in [-0.39, 0.29) is 0 Å². The average Bonchev–Trinajstić information content (AvgIpc) is 2.71. The molecule has 0 aliphatic rings. The molecule has 1 aromatic heterocycles. The minimum absolute atomic E-state index is 0.460. The number of nitrogens with one attached hydrogen (secondary N) is 1. The molecule has 3 aromatic carbocycles. The minimum atomic E-state index is 0.460. The predicted molar refractivity (Wildman–Crippen MR) is 110 cm³/mol. The molecule has 0 bridgehead atoms. The highest BCUT2D eigenvalue weighted by molar-refractivity contribution is 5.57. The Labute approximate surface area is 163 Å². The van der Waals surface area contributed by atoms with Crippen LogP contribution in [0.25, 0.3) is 0 Å². The van der Waals surface area contributed by atoms with Crippen molar-refractivity contribution in [3.8, 4) is 23.1 Å². The lowest BCUT2D eigenvalue weighted by Crippen LogP contribution is -1.96. The van der Waals surface area contributed by atoms with Crippen LogP contribution < -0.4 is 14.8 Å². The molecule has 0 atom stereocenters. The molecule has 0 aliphatic carbocycles. The van der Waals surface area contributed by atoms with E-state index in [1.54, 1.807) is 6.07 Å². The zero-order chi connectivity index (χ0) is 19.2. The predicted octanol–water partition coefficient (Wildman–Crippen LogP) is 6.11. The SMILES string of the molecule is Cc1cccc(Nc2cc(Oc3ccc(Oc4ccccc4)cc3)ncn2)c1. The summed E-state index contributed by atoms with van der Waals surface area (Å²) >= 11 is 0. The van der Waals surface area contributed by atoms with Crippen LogP contribution in [0.15, 0.2) is 91.3 Å². The maximum atomic E-state index is 5.84. The summed E-state index contributed by atoms with van der Waals surface area (Å²) in [5, 5.41) is 3.26. The molecule has 0 amide bonds. The monoisotopic (exact) mass is 369 g/mol. The number of hydrogen-bond donors (Lipinski definition) is 1. The molecule has 0 aliphatic heterocycles. The fraction of sp³-hybridized carbons (Fsp3) is 0.0435. The molecule has 138 valence electrons. The molecule has 1 N–H and O–H groups in total. The number of benzene rings is 3. The summed E-state index contributed by atoms with van der Waals surface area (Å²) in [5.74, 6) is 3.32. The standard InChI is InChI=1S/C23H19N3O2/c1-17-6-5-7-18(14-17)26-22-15-23(25-16-24-22)28-21-12-10-20(11-13-21)27-19-8-3-2-4-9-19/h2-16H,1H3,(H,24,25,26). The van der Waals surface area contributed by atoms with Crippen LogP contribution in [-0.4, -0.2) is 9.97 Å². The van der Waals surface area contributed by atoms with E-state index in [9.17, 15) is 0 Å². The highest BCUT2D eigenvalue weighted by atomic mass is 16.5. The van der Waals surface area contributed by atoms with E-state index in [0.29, 0.717) is 17.4 Å². The van der Waals surface area contributed by atoms with Crippen LogP contribution in [0.2, 0.25) is 0 Å². The smallest absolute Gasteiger partial charge is 0.224 e. The molecule has 28 heavy (non-hydrogen) atoms. The Bertz CT molecular complexity index is 1050. The normalized spacial score (nSPS) is 10.3. The van der Waals surface area contributed by atoms with Gasteiger partial charge in [-0.1, -0.05) is 30.3 Å². The summed E-state index contributed by atoms with van der Waals surface area (Å²) in [6, 6.07) is 26.9. The first-order valence-electron chi connectivity index (χ1n) is 8.91. The van der Waals surface area contributed by atoms with E-state index in [2.05, 4.69) is 15.3 Å². The van der Waals surface area contributed by atoms with Gasteiger partial charge in [-0.05, 0) is 61.0 Å². The van der Waals surface area contributed by atoms with E-state index >= 15 is 0 Å². The number of hydrogen-bond acceptors (Lipinski definition) is 5. The van der Waals surface area contributed by atoms with Gasteiger partial charge in [0.2, 0.25) is 5.88 Å². The van der Waals surface area contributed by atoms with Gasteiger partial charge in [-0.3, -0.25) is 0 Å². The highest BCUT2D eigenvalue weighted by Crippen LogP contribution is 2.27. The lowest BCUT2D eigenvalue weighted by molar-refractivity contribution is 0.456. The number of ether oxygens (including phenoxy) is 2. The Balaban J connectivity index is 1.42. The Kier molecular flexibility index (Phi) is 5.15. The maximum Gasteiger partial charge on any atom is 0.224 e. The fourth-order valence-corrected chi connectivity index (χ4v) is 2.66. The van der Waals surface area contributed by atoms with Crippen molar-refractivity contribution in [1.82, 2.24) is 9.97 Å². The van der Waals surface area contributed by atoms with Crippen LogP contribution in [0, 0.1) is 6.92 Å². The molecule has 0 fully saturated rings.